The molecule has 0 unspecified atom stereocenters. The van der Waals surface area contributed by atoms with Gasteiger partial charge in [0.1, 0.15) is 46.0 Å². The molecule has 4 aliphatic heterocycles. The predicted molar refractivity (Wildman–Crippen MR) is 422 cm³/mol. The van der Waals surface area contributed by atoms with E-state index in [0.29, 0.717) is 0 Å². The summed E-state index contributed by atoms with van der Waals surface area (Å²) in [6.45, 7) is 27.3. The fourth-order valence-electron chi connectivity index (χ4n) is 16.7. The second-order valence-corrected chi connectivity index (χ2v) is 32.4. The van der Waals surface area contributed by atoms with Gasteiger partial charge in [-0.25, -0.2) is 0 Å². The van der Waals surface area contributed by atoms with E-state index < -0.39 is 0 Å². The van der Waals surface area contributed by atoms with Gasteiger partial charge >= 0.3 is 0 Å². The average Bonchev–Trinajstić information content (AvgIpc) is 1.25. The van der Waals surface area contributed by atoms with Crippen molar-refractivity contribution < 1.29 is 18.9 Å². The van der Waals surface area contributed by atoms with Gasteiger partial charge in [-0.15, -0.1) is 0 Å². The van der Waals surface area contributed by atoms with Gasteiger partial charge in [0, 0.05) is 62.1 Å². The molecule has 6 heterocycles. The molecule has 484 valence electrons. The highest BCUT2D eigenvalue weighted by Gasteiger charge is 2.44. The Kier molecular flexibility index (Phi) is 12.8. The minimum Gasteiger partial charge on any atom is -0.458 e. The summed E-state index contributed by atoms with van der Waals surface area (Å²) in [5.41, 5.74) is 18.9. The molecule has 0 aliphatic carbocycles. The summed E-state index contributed by atoms with van der Waals surface area (Å²) in [6.07, 6.45) is 0. The summed E-state index contributed by atoms with van der Waals surface area (Å²) >= 11 is 0. The minimum absolute atomic E-state index is 0.00260. The summed E-state index contributed by atoms with van der Waals surface area (Å²) in [5, 5.41) is 14.9. The number of rotatable bonds is 2. The maximum atomic E-state index is 6.93. The Labute approximate surface area is 584 Å². The van der Waals surface area contributed by atoms with Gasteiger partial charge in [-0.2, -0.15) is 0 Å². The quantitative estimate of drug-likeness (QED) is 0.162. The normalized spacial score (nSPS) is 13.7. The molecule has 0 radical (unpaired) electrons. The molecule has 14 aromatic carbocycles. The van der Waals surface area contributed by atoms with Crippen LogP contribution < -0.4 is 51.7 Å². The number of nitrogens with zero attached hydrogens (tertiary/aromatic N) is 2. The van der Waals surface area contributed by atoms with Crippen molar-refractivity contribution in [2.75, 3.05) is 0 Å². The zero-order valence-corrected chi connectivity index (χ0v) is 58.8. The van der Waals surface area contributed by atoms with Crippen molar-refractivity contribution in [3.8, 4) is 57.4 Å². The van der Waals surface area contributed by atoms with E-state index in [1.165, 1.54) is 114 Å². The number of benzene rings is 14. The van der Waals surface area contributed by atoms with E-state index >= 15 is 0 Å². The molecule has 0 N–H and O–H groups in total. The van der Waals surface area contributed by atoms with E-state index in [4.69, 9.17) is 18.9 Å². The SMILES string of the molecule is CC(C)(C)c1ccc2c(c1)B1c3cc(C(C)(C)C)ccc3Oc3cc(-n4c5ccc6ccccc6c5c5c6ccccc6ccc54)cc(c31)O2.CC(C)(C)c1ccc2c(c1)B1c3cc(C(C)(C)C)ccc3Oc3cc(-n4c5ccc6ccccc6c5c5ccc6ccccc6c54)cc(c31)O2. The molecule has 8 heteroatoms. The summed E-state index contributed by atoms with van der Waals surface area (Å²) in [7, 11) is 0. The first kappa shape index (κ1) is 60.2. The highest BCUT2D eigenvalue weighted by molar-refractivity contribution is 6.99. The Morgan fingerprint density at radius 1 is 0.250 bits per heavy atom. The Morgan fingerprint density at radius 2 is 0.540 bits per heavy atom. The smallest absolute Gasteiger partial charge is 0.260 e. The van der Waals surface area contributed by atoms with Crippen molar-refractivity contribution in [2.24, 2.45) is 0 Å². The van der Waals surface area contributed by atoms with Crippen molar-refractivity contribution in [3.63, 3.8) is 0 Å². The van der Waals surface area contributed by atoms with Crippen LogP contribution in [-0.2, 0) is 21.7 Å². The molecule has 0 atom stereocenters. The zero-order chi connectivity index (χ0) is 68.2. The summed E-state index contributed by atoms with van der Waals surface area (Å²) < 4.78 is 32.5. The molecule has 2 aromatic heterocycles. The Morgan fingerprint density at radius 3 is 0.890 bits per heavy atom. The van der Waals surface area contributed by atoms with E-state index in [1.807, 2.05) is 0 Å². The van der Waals surface area contributed by atoms with E-state index in [2.05, 4.69) is 335 Å². The summed E-state index contributed by atoms with van der Waals surface area (Å²) in [5.74, 6) is 7.03. The lowest BCUT2D eigenvalue weighted by atomic mass is 9.34. The Balaban J connectivity index is 0.000000139. The molecule has 100 heavy (non-hydrogen) atoms. The van der Waals surface area contributed by atoms with Crippen molar-refractivity contribution in [3.05, 3.63) is 265 Å². The predicted octanol–water partition coefficient (Wildman–Crippen LogP) is 20.8. The molecule has 0 saturated heterocycles. The molecule has 0 fully saturated rings. The van der Waals surface area contributed by atoms with Crippen LogP contribution in [0.15, 0.2) is 243 Å². The lowest BCUT2D eigenvalue weighted by molar-refractivity contribution is 0.462. The highest BCUT2D eigenvalue weighted by Crippen LogP contribution is 2.47. The van der Waals surface area contributed by atoms with E-state index in [0.717, 1.165) is 84.8 Å². The number of ether oxygens (including phenoxy) is 4. The second-order valence-electron chi connectivity index (χ2n) is 32.4. The Hall–Kier alpha value is -11.0. The van der Waals surface area contributed by atoms with Crippen LogP contribution in [0, 0.1) is 0 Å². The van der Waals surface area contributed by atoms with Gasteiger partial charge in [-0.3, -0.25) is 0 Å². The van der Waals surface area contributed by atoms with E-state index in [1.54, 1.807) is 0 Å². The third-order valence-electron chi connectivity index (χ3n) is 22.0. The maximum absolute atomic E-state index is 6.93. The van der Waals surface area contributed by atoms with Gasteiger partial charge in [0.05, 0.1) is 33.4 Å². The molecule has 6 nitrogen and oxygen atoms in total. The molecule has 0 spiro atoms. The lowest BCUT2D eigenvalue weighted by Gasteiger charge is -2.35. The van der Waals surface area contributed by atoms with Crippen LogP contribution in [0.2, 0.25) is 0 Å². The third-order valence-corrected chi connectivity index (χ3v) is 22.0. The first-order valence-electron chi connectivity index (χ1n) is 35.4. The monoisotopic (exact) mass is 1290 g/mol. The molecular formula is C92H76B2N2O4. The minimum atomic E-state index is -0.00549. The van der Waals surface area contributed by atoms with Crippen LogP contribution in [0.3, 0.4) is 0 Å². The standard InChI is InChI=1S/2C46H38BNO2/c1-45(2,3)29-17-21-38-35(23-29)47-36-24-30(46(4,5)6)18-22-39(36)50-41-26-31(25-40(49-38)43(41)47)48-37-20-16-27-11-7-9-13-32(27)42(37)34-19-15-28-12-8-10-14-33(28)44(34)48;1-45(2,3)29-17-21-38-34(23-29)47-35-24-30(46(4,5)6)18-22-39(35)50-41-26-31(25-40(49-38)44(41)47)48-36-19-15-27-11-7-9-13-32(27)42(36)43-33-14-10-8-12-28(33)16-20-37(43)48/h2*7-26H,1-6H3. The highest BCUT2D eigenvalue weighted by atomic mass is 16.5. The van der Waals surface area contributed by atoms with Gasteiger partial charge in [0.25, 0.3) is 13.4 Å². The van der Waals surface area contributed by atoms with Crippen LogP contribution in [-0.4, -0.2) is 22.6 Å². The molecular weight excluding hydrogens is 1220 g/mol. The van der Waals surface area contributed by atoms with Gasteiger partial charge in [0.2, 0.25) is 0 Å². The number of hydrogen-bond donors (Lipinski definition) is 0. The summed E-state index contributed by atoms with van der Waals surface area (Å²) in [4.78, 5) is 0. The maximum Gasteiger partial charge on any atom is 0.260 e. The zero-order valence-electron chi connectivity index (χ0n) is 58.8. The van der Waals surface area contributed by atoms with E-state index in [-0.39, 0.29) is 35.1 Å². The fraction of sp³-hybridized carbons (Fsp3) is 0.174. The van der Waals surface area contributed by atoms with Crippen LogP contribution in [0.5, 0.6) is 46.0 Å². The van der Waals surface area contributed by atoms with Gasteiger partial charge in [0.15, 0.2) is 0 Å². The molecule has 16 aromatic rings. The van der Waals surface area contributed by atoms with Crippen molar-refractivity contribution in [2.45, 2.75) is 105 Å². The van der Waals surface area contributed by atoms with Gasteiger partial charge in [-0.05, 0) is 146 Å². The van der Waals surface area contributed by atoms with Crippen LogP contribution in [0.1, 0.15) is 105 Å². The largest absolute Gasteiger partial charge is 0.458 e. The van der Waals surface area contributed by atoms with Crippen molar-refractivity contribution in [1.29, 1.82) is 0 Å². The second kappa shape index (κ2) is 21.3. The van der Waals surface area contributed by atoms with Gasteiger partial charge < -0.3 is 28.1 Å². The molecule has 20 rings (SSSR count). The van der Waals surface area contributed by atoms with Crippen LogP contribution in [0.4, 0.5) is 0 Å². The summed E-state index contributed by atoms with van der Waals surface area (Å²) in [6, 6.07) is 89.0. The van der Waals surface area contributed by atoms with Crippen molar-refractivity contribution >= 4 is 133 Å². The fourth-order valence-corrected chi connectivity index (χ4v) is 16.7. The molecule has 0 bridgehead atoms. The van der Waals surface area contributed by atoms with Crippen LogP contribution in [0.25, 0.3) is 98.1 Å². The third kappa shape index (κ3) is 9.18. The topological polar surface area (TPSA) is 46.8 Å². The average molecular weight is 1300 g/mol. The first-order valence-corrected chi connectivity index (χ1v) is 35.4. The number of aromatic nitrogens is 2. The number of hydrogen-bond acceptors (Lipinski definition) is 4. The van der Waals surface area contributed by atoms with Gasteiger partial charge in [-0.1, -0.05) is 259 Å². The molecule has 0 amide bonds. The molecule has 4 aliphatic rings. The van der Waals surface area contributed by atoms with E-state index in [9.17, 15) is 0 Å². The number of fused-ring (bicyclic) bond motifs is 22. The first-order chi connectivity index (χ1) is 48.1. The molecule has 0 saturated carbocycles. The van der Waals surface area contributed by atoms with Crippen LogP contribution >= 0.6 is 0 Å². The Bertz CT molecular complexity index is 5960. The lowest BCUT2D eigenvalue weighted by Crippen LogP contribution is -2.57. The van der Waals surface area contributed by atoms with Crippen molar-refractivity contribution in [1.82, 2.24) is 9.13 Å².